The Hall–Kier alpha value is -1.76. The summed E-state index contributed by atoms with van der Waals surface area (Å²) in [7, 11) is 0. The highest BCUT2D eigenvalue weighted by Crippen LogP contribution is 2.28. The maximum atomic E-state index is 4.64. The highest BCUT2D eigenvalue weighted by molar-refractivity contribution is 5.38. The van der Waals surface area contributed by atoms with Gasteiger partial charge in [0.1, 0.15) is 0 Å². The van der Waals surface area contributed by atoms with Gasteiger partial charge in [-0.15, -0.1) is 0 Å². The van der Waals surface area contributed by atoms with Crippen molar-refractivity contribution in [2.75, 3.05) is 0 Å². The van der Waals surface area contributed by atoms with E-state index in [2.05, 4.69) is 30.7 Å². The van der Waals surface area contributed by atoms with Crippen LogP contribution in [0.15, 0.2) is 48.5 Å². The van der Waals surface area contributed by atoms with E-state index in [0.717, 1.165) is 11.5 Å². The molecule has 0 aliphatic carbocycles. The van der Waals surface area contributed by atoms with Crippen LogP contribution in [0.3, 0.4) is 0 Å². The van der Waals surface area contributed by atoms with Crippen LogP contribution in [0, 0.1) is 13.8 Å². The molecule has 0 amide bonds. The topological polar surface area (TPSA) is 12.8 Å². The third-order valence-corrected chi connectivity index (χ3v) is 2.47. The minimum atomic E-state index is 1.05. The van der Waals surface area contributed by atoms with Crippen molar-refractivity contribution in [3.05, 3.63) is 59.7 Å². The highest BCUT2D eigenvalue weighted by atomic mass is 16.5. The Labute approximate surface area is 90.3 Å². The summed E-state index contributed by atoms with van der Waals surface area (Å²) >= 11 is 0. The van der Waals surface area contributed by atoms with E-state index in [9.17, 15) is 0 Å². The summed E-state index contributed by atoms with van der Waals surface area (Å²) in [6.07, 6.45) is 0. The molecule has 0 unspecified atom stereocenters. The Bertz CT molecular complexity index is 417. The summed E-state index contributed by atoms with van der Waals surface area (Å²) in [4.78, 5) is 0. The van der Waals surface area contributed by atoms with Crippen LogP contribution in [0.5, 0.6) is 11.5 Å². The van der Waals surface area contributed by atoms with Gasteiger partial charge in [0.15, 0.2) is 0 Å². The summed E-state index contributed by atoms with van der Waals surface area (Å²) in [6.45, 7) is 4.16. The Morgan fingerprint density at radius 1 is 0.667 bits per heavy atom. The van der Waals surface area contributed by atoms with E-state index < -0.39 is 0 Å². The minimum Gasteiger partial charge on any atom is -0.546 e. The van der Waals surface area contributed by atoms with E-state index in [1.54, 1.807) is 0 Å². The number of hydrogen-bond acceptors (Lipinski definition) is 0. The zero-order valence-corrected chi connectivity index (χ0v) is 9.07. The summed E-state index contributed by atoms with van der Waals surface area (Å²) < 4.78 is 4.64. The van der Waals surface area contributed by atoms with Crippen molar-refractivity contribution in [2.45, 2.75) is 13.8 Å². The third kappa shape index (κ3) is 2.18. The Morgan fingerprint density at radius 2 is 1.07 bits per heavy atom. The first-order chi connectivity index (χ1) is 7.27. The van der Waals surface area contributed by atoms with E-state index in [-0.39, 0.29) is 0 Å². The van der Waals surface area contributed by atoms with Crippen LogP contribution in [0.2, 0.25) is 0 Å². The Kier molecular flexibility index (Phi) is 2.72. The summed E-state index contributed by atoms with van der Waals surface area (Å²) in [5.41, 5.74) is 2.42. The van der Waals surface area contributed by atoms with Crippen LogP contribution >= 0.6 is 0 Å². The molecule has 0 spiro atoms. The SMILES string of the molecule is Cc1ccccc1[OH+]c1ccccc1C. The molecule has 0 radical (unpaired) electrons. The smallest absolute Gasteiger partial charge is 0.263 e. The molecule has 0 atom stereocenters. The van der Waals surface area contributed by atoms with Crippen LogP contribution in [0.4, 0.5) is 0 Å². The van der Waals surface area contributed by atoms with Crippen molar-refractivity contribution in [2.24, 2.45) is 0 Å². The van der Waals surface area contributed by atoms with Crippen molar-refractivity contribution in [3.63, 3.8) is 0 Å². The molecule has 0 bridgehead atoms. The molecule has 15 heavy (non-hydrogen) atoms. The van der Waals surface area contributed by atoms with E-state index in [4.69, 9.17) is 0 Å². The van der Waals surface area contributed by atoms with Crippen LogP contribution in [0.25, 0.3) is 0 Å². The molecular formula is C14H15O+. The van der Waals surface area contributed by atoms with Gasteiger partial charge < -0.3 is 4.74 Å². The molecule has 1 heteroatoms. The maximum Gasteiger partial charge on any atom is 0.263 e. The molecule has 0 aliphatic heterocycles. The first-order valence-corrected chi connectivity index (χ1v) is 5.10. The van der Waals surface area contributed by atoms with Gasteiger partial charge in [0.25, 0.3) is 11.5 Å². The van der Waals surface area contributed by atoms with Crippen molar-refractivity contribution in [1.29, 1.82) is 0 Å². The number of hydrogen-bond donors (Lipinski definition) is 0. The molecule has 2 aromatic carbocycles. The van der Waals surface area contributed by atoms with E-state index >= 15 is 0 Å². The first kappa shape index (κ1) is 9.78. The molecular weight excluding hydrogens is 184 g/mol. The second-order valence-electron chi connectivity index (χ2n) is 3.68. The van der Waals surface area contributed by atoms with Crippen LogP contribution in [0.1, 0.15) is 11.1 Å². The molecule has 0 aliphatic rings. The Balaban J connectivity index is 2.30. The second kappa shape index (κ2) is 4.18. The van der Waals surface area contributed by atoms with Gasteiger partial charge in [-0.05, 0) is 13.8 Å². The molecule has 0 fully saturated rings. The molecule has 2 aromatic rings. The van der Waals surface area contributed by atoms with E-state index in [1.807, 2.05) is 36.4 Å². The van der Waals surface area contributed by atoms with Crippen LogP contribution in [-0.2, 0) is 0 Å². The lowest BCUT2D eigenvalue weighted by molar-refractivity contribution is 0.195. The quantitative estimate of drug-likeness (QED) is 0.649. The van der Waals surface area contributed by atoms with Crippen LogP contribution in [-0.4, -0.2) is 4.74 Å². The molecule has 1 N–H and O–H groups in total. The summed E-state index contributed by atoms with van der Waals surface area (Å²) in [6, 6.07) is 16.4. The summed E-state index contributed by atoms with van der Waals surface area (Å²) in [5, 5.41) is 0. The fourth-order valence-corrected chi connectivity index (χ4v) is 1.51. The third-order valence-electron chi connectivity index (χ3n) is 2.47. The fraction of sp³-hybridized carbons (Fsp3) is 0.143. The predicted molar refractivity (Wildman–Crippen MR) is 63.5 cm³/mol. The molecule has 2 rings (SSSR count). The van der Waals surface area contributed by atoms with Gasteiger partial charge >= 0.3 is 0 Å². The van der Waals surface area contributed by atoms with Crippen molar-refractivity contribution < 1.29 is 4.74 Å². The zero-order chi connectivity index (χ0) is 10.7. The monoisotopic (exact) mass is 199 g/mol. The molecule has 76 valence electrons. The summed E-state index contributed by atoms with van der Waals surface area (Å²) in [5.74, 6) is 2.10. The zero-order valence-electron chi connectivity index (χ0n) is 9.07. The largest absolute Gasteiger partial charge is 0.546 e. The van der Waals surface area contributed by atoms with Crippen molar-refractivity contribution in [3.8, 4) is 11.5 Å². The number of benzene rings is 2. The second-order valence-corrected chi connectivity index (χ2v) is 3.68. The van der Waals surface area contributed by atoms with Gasteiger partial charge in [-0.3, -0.25) is 0 Å². The number of para-hydroxylation sites is 2. The van der Waals surface area contributed by atoms with E-state index in [1.165, 1.54) is 11.1 Å². The van der Waals surface area contributed by atoms with Crippen molar-refractivity contribution in [1.82, 2.24) is 0 Å². The van der Waals surface area contributed by atoms with Gasteiger partial charge in [0.05, 0.1) is 0 Å². The lowest BCUT2D eigenvalue weighted by atomic mass is 10.2. The number of aromatic hydroxyl groups is 2. The molecule has 1 nitrogen and oxygen atoms in total. The van der Waals surface area contributed by atoms with Crippen molar-refractivity contribution >= 4 is 0 Å². The lowest BCUT2D eigenvalue weighted by Gasteiger charge is -2.06. The highest BCUT2D eigenvalue weighted by Gasteiger charge is 2.07. The van der Waals surface area contributed by atoms with Gasteiger partial charge in [-0.25, -0.2) is 0 Å². The van der Waals surface area contributed by atoms with Gasteiger partial charge in [0, 0.05) is 23.3 Å². The molecule has 0 heterocycles. The molecule has 0 aromatic heterocycles. The molecule has 0 saturated carbocycles. The van der Waals surface area contributed by atoms with Crippen LogP contribution < -0.4 is 0 Å². The van der Waals surface area contributed by atoms with Gasteiger partial charge in [-0.1, -0.05) is 36.4 Å². The average Bonchev–Trinajstić information content (AvgIpc) is 2.24. The number of aryl methyl sites for hydroxylation is 2. The number of ether oxygens (including phenoxy) is 1. The average molecular weight is 199 g/mol. The van der Waals surface area contributed by atoms with Gasteiger partial charge in [0.2, 0.25) is 0 Å². The maximum absolute atomic E-state index is 4.64. The fourth-order valence-electron chi connectivity index (χ4n) is 1.51. The standard InChI is InChI=1S/C14H14O/c1-11-7-3-5-9-13(11)15-14-10-6-4-8-12(14)2/h3-10H,1-2H3/p+1. The minimum absolute atomic E-state index is 1.05. The molecule has 0 saturated heterocycles. The Morgan fingerprint density at radius 3 is 1.47 bits per heavy atom. The van der Waals surface area contributed by atoms with E-state index in [0.29, 0.717) is 0 Å². The lowest BCUT2D eigenvalue weighted by Crippen LogP contribution is -1.85. The predicted octanol–water partition coefficient (Wildman–Crippen LogP) is 3.96. The number of rotatable bonds is 2. The first-order valence-electron chi connectivity index (χ1n) is 5.10. The van der Waals surface area contributed by atoms with Gasteiger partial charge in [-0.2, -0.15) is 0 Å². The normalized spacial score (nSPS) is 10.0.